The lowest BCUT2D eigenvalue weighted by Crippen LogP contribution is -2.36. The molecule has 6 heteroatoms. The number of aromatic nitrogens is 1. The molecule has 1 aromatic carbocycles. The zero-order valence-corrected chi connectivity index (χ0v) is 12.2. The number of rotatable bonds is 5. The number of nitrogens with zero attached hydrogens (tertiary/aromatic N) is 1. The first kappa shape index (κ1) is 15.5. The number of pyridine rings is 1. The van der Waals surface area contributed by atoms with Gasteiger partial charge in [0, 0.05) is 31.4 Å². The molecule has 2 amide bonds. The molecule has 0 unspecified atom stereocenters. The topological polar surface area (TPSA) is 80.2 Å². The lowest BCUT2D eigenvalue weighted by Gasteiger charge is -2.08. The maximum atomic E-state index is 11.8. The van der Waals surface area contributed by atoms with Crippen LogP contribution in [0.2, 0.25) is 0 Å². The second-order valence-corrected chi connectivity index (χ2v) is 4.81. The summed E-state index contributed by atoms with van der Waals surface area (Å²) in [5, 5.41) is 5.23. The molecule has 0 aliphatic heterocycles. The molecule has 2 rings (SSSR count). The van der Waals surface area contributed by atoms with E-state index in [-0.39, 0.29) is 23.9 Å². The van der Waals surface area contributed by atoms with Crippen LogP contribution in [-0.4, -0.2) is 22.9 Å². The Morgan fingerprint density at radius 1 is 1.05 bits per heavy atom. The standard InChI is InChI=1S/C16H17N3O3/c1-19-11-12(7-8-15(19)21)9-17-14(20)10-18-16(22)13-5-3-2-4-6-13/h2-8,11H,9-10H2,1H3,(H,17,20)(H,18,22). The number of carbonyl (C=O) groups excluding carboxylic acids is 2. The largest absolute Gasteiger partial charge is 0.350 e. The first-order chi connectivity index (χ1) is 10.6. The van der Waals surface area contributed by atoms with Crippen molar-refractivity contribution in [1.82, 2.24) is 15.2 Å². The molecule has 0 saturated carbocycles. The van der Waals surface area contributed by atoms with Gasteiger partial charge in [0.05, 0.1) is 6.54 Å². The summed E-state index contributed by atoms with van der Waals surface area (Å²) < 4.78 is 1.44. The number of nitrogens with one attached hydrogen (secondary N) is 2. The molecular formula is C16H17N3O3. The first-order valence-electron chi connectivity index (χ1n) is 6.82. The molecule has 22 heavy (non-hydrogen) atoms. The van der Waals surface area contributed by atoms with Crippen LogP contribution < -0.4 is 16.2 Å². The molecule has 2 N–H and O–H groups in total. The van der Waals surface area contributed by atoms with E-state index in [1.807, 2.05) is 6.07 Å². The van der Waals surface area contributed by atoms with E-state index < -0.39 is 0 Å². The summed E-state index contributed by atoms with van der Waals surface area (Å²) in [6.45, 7) is 0.202. The van der Waals surface area contributed by atoms with Crippen LogP contribution in [0.1, 0.15) is 15.9 Å². The summed E-state index contributed by atoms with van der Waals surface area (Å²) in [6, 6.07) is 11.8. The summed E-state index contributed by atoms with van der Waals surface area (Å²) in [4.78, 5) is 34.7. The molecule has 0 atom stereocenters. The highest BCUT2D eigenvalue weighted by Gasteiger charge is 2.07. The van der Waals surface area contributed by atoms with Crippen LogP contribution in [0.3, 0.4) is 0 Å². The molecule has 0 radical (unpaired) electrons. The maximum Gasteiger partial charge on any atom is 0.251 e. The smallest absolute Gasteiger partial charge is 0.251 e. The van der Waals surface area contributed by atoms with Crippen LogP contribution in [-0.2, 0) is 18.4 Å². The van der Waals surface area contributed by atoms with Gasteiger partial charge in [0.1, 0.15) is 0 Å². The van der Waals surface area contributed by atoms with E-state index in [1.54, 1.807) is 43.6 Å². The van der Waals surface area contributed by atoms with E-state index in [1.165, 1.54) is 10.6 Å². The lowest BCUT2D eigenvalue weighted by molar-refractivity contribution is -0.120. The summed E-state index contributed by atoms with van der Waals surface area (Å²) in [7, 11) is 1.65. The first-order valence-corrected chi connectivity index (χ1v) is 6.82. The zero-order valence-electron chi connectivity index (χ0n) is 12.2. The molecule has 0 fully saturated rings. The van der Waals surface area contributed by atoms with Crippen LogP contribution >= 0.6 is 0 Å². The molecule has 114 valence electrons. The second-order valence-electron chi connectivity index (χ2n) is 4.81. The van der Waals surface area contributed by atoms with E-state index >= 15 is 0 Å². The summed E-state index contributed by atoms with van der Waals surface area (Å²) in [5.41, 5.74) is 1.21. The predicted octanol–water partition coefficient (Wildman–Crippen LogP) is 0.431. The van der Waals surface area contributed by atoms with Crippen molar-refractivity contribution in [2.75, 3.05) is 6.54 Å². The number of benzene rings is 1. The molecule has 0 spiro atoms. The number of amides is 2. The minimum atomic E-state index is -0.294. The van der Waals surface area contributed by atoms with Gasteiger partial charge >= 0.3 is 0 Å². The summed E-state index contributed by atoms with van der Waals surface area (Å²) in [6.07, 6.45) is 1.66. The minimum absolute atomic E-state index is 0.0977. The molecule has 6 nitrogen and oxygen atoms in total. The number of aryl methyl sites for hydroxylation is 1. The van der Waals surface area contributed by atoms with Crippen molar-refractivity contribution in [1.29, 1.82) is 0 Å². The molecule has 0 bridgehead atoms. The number of hydrogen-bond acceptors (Lipinski definition) is 3. The molecule has 2 aromatic rings. The molecule has 1 aromatic heterocycles. The van der Waals surface area contributed by atoms with Gasteiger partial charge in [-0.2, -0.15) is 0 Å². The van der Waals surface area contributed by atoms with Crippen molar-refractivity contribution in [3.05, 3.63) is 70.1 Å². The van der Waals surface area contributed by atoms with Crippen molar-refractivity contribution < 1.29 is 9.59 Å². The van der Waals surface area contributed by atoms with E-state index in [4.69, 9.17) is 0 Å². The summed E-state index contributed by atoms with van der Waals surface area (Å²) >= 11 is 0. The fraction of sp³-hybridized carbons (Fsp3) is 0.188. The highest BCUT2D eigenvalue weighted by Crippen LogP contribution is 1.97. The van der Waals surface area contributed by atoms with Crippen LogP contribution in [0.4, 0.5) is 0 Å². The molecular weight excluding hydrogens is 282 g/mol. The predicted molar refractivity (Wildman–Crippen MR) is 82.3 cm³/mol. The Labute approximate surface area is 127 Å². The highest BCUT2D eigenvalue weighted by atomic mass is 16.2. The Hall–Kier alpha value is -2.89. The molecule has 1 heterocycles. The van der Waals surface area contributed by atoms with Crippen molar-refractivity contribution in [2.24, 2.45) is 7.05 Å². The Bertz CT molecular complexity index is 723. The monoisotopic (exact) mass is 299 g/mol. The number of carbonyl (C=O) groups is 2. The Balaban J connectivity index is 1.79. The van der Waals surface area contributed by atoms with Crippen LogP contribution in [0.5, 0.6) is 0 Å². The van der Waals surface area contributed by atoms with Crippen molar-refractivity contribution >= 4 is 11.8 Å². The van der Waals surface area contributed by atoms with Gasteiger partial charge in [0.15, 0.2) is 0 Å². The normalized spacial score (nSPS) is 10.0. The highest BCUT2D eigenvalue weighted by molar-refractivity contribution is 5.96. The van der Waals surface area contributed by atoms with Crippen molar-refractivity contribution in [3.8, 4) is 0 Å². The minimum Gasteiger partial charge on any atom is -0.350 e. The van der Waals surface area contributed by atoms with Gasteiger partial charge in [0.25, 0.3) is 5.91 Å². The third-order valence-electron chi connectivity index (χ3n) is 3.08. The fourth-order valence-electron chi connectivity index (χ4n) is 1.87. The Kier molecular flexibility index (Phi) is 5.08. The Morgan fingerprint density at radius 2 is 1.77 bits per heavy atom. The fourth-order valence-corrected chi connectivity index (χ4v) is 1.87. The van der Waals surface area contributed by atoms with Gasteiger partial charge in [-0.25, -0.2) is 0 Å². The second kappa shape index (κ2) is 7.21. The average Bonchev–Trinajstić information content (AvgIpc) is 2.54. The third-order valence-corrected chi connectivity index (χ3v) is 3.08. The van der Waals surface area contributed by atoms with Crippen molar-refractivity contribution in [3.63, 3.8) is 0 Å². The van der Waals surface area contributed by atoms with Gasteiger partial charge < -0.3 is 15.2 Å². The number of hydrogen-bond donors (Lipinski definition) is 2. The summed E-state index contributed by atoms with van der Waals surface area (Å²) in [5.74, 6) is -0.587. The van der Waals surface area contributed by atoms with Gasteiger partial charge in [-0.1, -0.05) is 24.3 Å². The zero-order chi connectivity index (χ0) is 15.9. The SMILES string of the molecule is Cn1cc(CNC(=O)CNC(=O)c2ccccc2)ccc1=O. The average molecular weight is 299 g/mol. The quantitative estimate of drug-likeness (QED) is 0.840. The van der Waals surface area contributed by atoms with Gasteiger partial charge in [-0.15, -0.1) is 0 Å². The Morgan fingerprint density at radius 3 is 2.45 bits per heavy atom. The maximum absolute atomic E-state index is 11.8. The van der Waals surface area contributed by atoms with Gasteiger partial charge in [-0.05, 0) is 17.7 Å². The van der Waals surface area contributed by atoms with E-state index in [0.717, 1.165) is 5.56 Å². The van der Waals surface area contributed by atoms with Crippen LogP contribution in [0, 0.1) is 0 Å². The van der Waals surface area contributed by atoms with Gasteiger partial charge in [-0.3, -0.25) is 14.4 Å². The van der Waals surface area contributed by atoms with Gasteiger partial charge in [0.2, 0.25) is 11.5 Å². The van der Waals surface area contributed by atoms with E-state index in [2.05, 4.69) is 10.6 Å². The molecule has 0 aliphatic carbocycles. The van der Waals surface area contributed by atoms with E-state index in [9.17, 15) is 14.4 Å². The third kappa shape index (κ3) is 4.31. The molecule has 0 saturated heterocycles. The van der Waals surface area contributed by atoms with Crippen LogP contribution in [0.15, 0.2) is 53.5 Å². The van der Waals surface area contributed by atoms with Crippen LogP contribution in [0.25, 0.3) is 0 Å². The molecule has 0 aliphatic rings. The lowest BCUT2D eigenvalue weighted by atomic mass is 10.2. The van der Waals surface area contributed by atoms with Crippen molar-refractivity contribution in [2.45, 2.75) is 6.54 Å². The van der Waals surface area contributed by atoms with E-state index in [0.29, 0.717) is 12.1 Å².